The molecule has 1 atom stereocenters. The lowest BCUT2D eigenvalue weighted by Crippen LogP contribution is -2.39. The van der Waals surface area contributed by atoms with E-state index in [9.17, 15) is 9.59 Å². The van der Waals surface area contributed by atoms with Gasteiger partial charge in [0.15, 0.2) is 0 Å². The number of hydrogen-bond acceptors (Lipinski definition) is 4. The van der Waals surface area contributed by atoms with Crippen molar-refractivity contribution in [3.63, 3.8) is 0 Å². The van der Waals surface area contributed by atoms with Crippen molar-refractivity contribution in [1.82, 2.24) is 10.3 Å². The Labute approximate surface area is 141 Å². The molecule has 0 spiro atoms. The Morgan fingerprint density at radius 2 is 1.96 bits per heavy atom. The molecule has 6 nitrogen and oxygen atoms in total. The van der Waals surface area contributed by atoms with Gasteiger partial charge in [-0.15, -0.1) is 0 Å². The lowest BCUT2D eigenvalue weighted by Gasteiger charge is -2.15. The van der Waals surface area contributed by atoms with Gasteiger partial charge in [-0.3, -0.25) is 14.6 Å². The second kappa shape index (κ2) is 8.21. The van der Waals surface area contributed by atoms with E-state index in [4.69, 9.17) is 5.73 Å². The van der Waals surface area contributed by atoms with Gasteiger partial charge in [-0.1, -0.05) is 26.0 Å². The van der Waals surface area contributed by atoms with Gasteiger partial charge in [0.05, 0.1) is 18.3 Å². The van der Waals surface area contributed by atoms with Gasteiger partial charge in [-0.25, -0.2) is 0 Å². The first-order chi connectivity index (χ1) is 11.5. The van der Waals surface area contributed by atoms with Gasteiger partial charge in [0.1, 0.15) is 0 Å². The maximum Gasteiger partial charge on any atom is 0.251 e. The van der Waals surface area contributed by atoms with Crippen LogP contribution in [0, 0.1) is 5.92 Å². The molecule has 0 aliphatic carbocycles. The van der Waals surface area contributed by atoms with Gasteiger partial charge in [-0.2, -0.15) is 0 Å². The zero-order chi connectivity index (χ0) is 17.5. The van der Waals surface area contributed by atoms with Crippen molar-refractivity contribution < 1.29 is 9.59 Å². The Bertz CT molecular complexity index is 701. The van der Waals surface area contributed by atoms with Crippen LogP contribution in [-0.2, 0) is 11.3 Å². The topological polar surface area (TPSA) is 97.1 Å². The summed E-state index contributed by atoms with van der Waals surface area (Å²) < 4.78 is 0. The molecule has 0 saturated carbocycles. The van der Waals surface area contributed by atoms with Crippen LogP contribution in [0.1, 0.15) is 29.9 Å². The van der Waals surface area contributed by atoms with Gasteiger partial charge in [0.2, 0.25) is 5.91 Å². The number of pyridine rings is 1. The third kappa shape index (κ3) is 4.89. The number of nitrogens with two attached hydrogens (primary N) is 1. The average molecular weight is 326 g/mol. The smallest absolute Gasteiger partial charge is 0.251 e. The maximum atomic E-state index is 12.2. The van der Waals surface area contributed by atoms with Crippen molar-refractivity contribution >= 4 is 17.5 Å². The van der Waals surface area contributed by atoms with Crippen LogP contribution in [0.5, 0.6) is 0 Å². The largest absolute Gasteiger partial charge is 0.346 e. The molecule has 24 heavy (non-hydrogen) atoms. The summed E-state index contributed by atoms with van der Waals surface area (Å²) >= 11 is 0. The average Bonchev–Trinajstić information content (AvgIpc) is 2.60. The number of nitrogens with zero attached hydrogens (tertiary/aromatic N) is 1. The molecule has 0 unspecified atom stereocenters. The predicted octanol–water partition coefficient (Wildman–Crippen LogP) is 1.93. The summed E-state index contributed by atoms with van der Waals surface area (Å²) in [5, 5.41) is 5.53. The van der Waals surface area contributed by atoms with E-state index in [2.05, 4.69) is 15.6 Å². The zero-order valence-corrected chi connectivity index (χ0v) is 13.8. The number of carbonyl (C=O) groups is 2. The molecule has 6 heteroatoms. The summed E-state index contributed by atoms with van der Waals surface area (Å²) in [5.74, 6) is -0.462. The molecule has 1 aromatic heterocycles. The number of rotatable bonds is 6. The molecule has 0 fully saturated rings. The van der Waals surface area contributed by atoms with E-state index < -0.39 is 6.04 Å². The van der Waals surface area contributed by atoms with Crippen LogP contribution in [0.3, 0.4) is 0 Å². The monoisotopic (exact) mass is 326 g/mol. The van der Waals surface area contributed by atoms with E-state index >= 15 is 0 Å². The lowest BCUT2D eigenvalue weighted by molar-refractivity contribution is -0.118. The standard InChI is InChI=1S/C18H22N4O2/c1-12(2)16(19)18(24)22-14-8-5-6-13(10-14)17(23)21-11-15-7-3-4-9-20-15/h3-10,12,16H,11,19H2,1-2H3,(H,21,23)(H,22,24)/t16-/m0/s1. The van der Waals surface area contributed by atoms with Crippen molar-refractivity contribution in [2.75, 3.05) is 5.32 Å². The van der Waals surface area contributed by atoms with Gasteiger partial charge < -0.3 is 16.4 Å². The molecule has 1 heterocycles. The van der Waals surface area contributed by atoms with E-state index in [0.717, 1.165) is 5.69 Å². The van der Waals surface area contributed by atoms with Crippen molar-refractivity contribution in [3.8, 4) is 0 Å². The minimum absolute atomic E-state index is 0.0369. The number of aromatic nitrogens is 1. The second-order valence-electron chi connectivity index (χ2n) is 5.84. The molecule has 1 aromatic carbocycles. The van der Waals surface area contributed by atoms with Crippen molar-refractivity contribution in [1.29, 1.82) is 0 Å². The Hall–Kier alpha value is -2.73. The first kappa shape index (κ1) is 17.6. The summed E-state index contributed by atoms with van der Waals surface area (Å²) in [6.45, 7) is 4.10. The van der Waals surface area contributed by atoms with E-state index in [1.54, 1.807) is 30.5 Å². The van der Waals surface area contributed by atoms with Crippen LogP contribution in [0.15, 0.2) is 48.7 Å². The summed E-state index contributed by atoms with van der Waals surface area (Å²) in [5.41, 5.74) is 7.60. The van der Waals surface area contributed by atoms with Crippen LogP contribution >= 0.6 is 0 Å². The second-order valence-corrected chi connectivity index (χ2v) is 5.84. The highest BCUT2D eigenvalue weighted by atomic mass is 16.2. The van der Waals surface area contributed by atoms with Gasteiger partial charge >= 0.3 is 0 Å². The molecular weight excluding hydrogens is 304 g/mol. The minimum Gasteiger partial charge on any atom is -0.346 e. The highest BCUT2D eigenvalue weighted by Gasteiger charge is 2.17. The first-order valence-electron chi connectivity index (χ1n) is 7.82. The Morgan fingerprint density at radius 3 is 2.62 bits per heavy atom. The minimum atomic E-state index is -0.591. The van der Waals surface area contributed by atoms with Crippen molar-refractivity contribution in [2.24, 2.45) is 11.7 Å². The number of nitrogens with one attached hydrogen (secondary N) is 2. The number of benzene rings is 1. The predicted molar refractivity (Wildman–Crippen MR) is 93.3 cm³/mol. The molecule has 0 bridgehead atoms. The maximum absolute atomic E-state index is 12.2. The fourth-order valence-corrected chi connectivity index (χ4v) is 2.04. The molecule has 2 rings (SSSR count). The Balaban J connectivity index is 1.99. The number of anilines is 1. The zero-order valence-electron chi connectivity index (χ0n) is 13.8. The van der Waals surface area contributed by atoms with Crippen molar-refractivity contribution in [2.45, 2.75) is 26.4 Å². The summed E-state index contributed by atoms with van der Waals surface area (Å²) in [6, 6.07) is 11.7. The van der Waals surface area contributed by atoms with E-state index in [0.29, 0.717) is 17.8 Å². The molecule has 2 aromatic rings. The van der Waals surface area contributed by atoms with Gasteiger partial charge in [0, 0.05) is 17.4 Å². The normalized spacial score (nSPS) is 11.8. The summed E-state index contributed by atoms with van der Waals surface area (Å²) in [6.07, 6.45) is 1.68. The number of amides is 2. The van der Waals surface area contributed by atoms with E-state index in [1.807, 2.05) is 32.0 Å². The molecule has 4 N–H and O–H groups in total. The SMILES string of the molecule is CC(C)[C@H](N)C(=O)Nc1cccc(C(=O)NCc2ccccn2)c1. The van der Waals surface area contributed by atoms with Crippen molar-refractivity contribution in [3.05, 3.63) is 59.9 Å². The third-order valence-corrected chi connectivity index (χ3v) is 3.57. The summed E-state index contributed by atoms with van der Waals surface area (Å²) in [4.78, 5) is 28.4. The lowest BCUT2D eigenvalue weighted by atomic mass is 10.0. The molecule has 0 saturated heterocycles. The van der Waals surface area contributed by atoms with Crippen LogP contribution in [0.4, 0.5) is 5.69 Å². The number of hydrogen-bond donors (Lipinski definition) is 3. The molecule has 0 aliphatic heterocycles. The highest BCUT2D eigenvalue weighted by Crippen LogP contribution is 2.12. The van der Waals surface area contributed by atoms with Crippen LogP contribution < -0.4 is 16.4 Å². The van der Waals surface area contributed by atoms with Crippen LogP contribution in [0.25, 0.3) is 0 Å². The first-order valence-corrected chi connectivity index (χ1v) is 7.82. The Kier molecular flexibility index (Phi) is 6.03. The quantitative estimate of drug-likeness (QED) is 0.755. The van der Waals surface area contributed by atoms with Crippen LogP contribution in [0.2, 0.25) is 0 Å². The molecule has 0 aliphatic rings. The third-order valence-electron chi connectivity index (χ3n) is 3.57. The molecular formula is C18H22N4O2. The Morgan fingerprint density at radius 1 is 1.17 bits per heavy atom. The highest BCUT2D eigenvalue weighted by molar-refractivity contribution is 5.98. The fourth-order valence-electron chi connectivity index (χ4n) is 2.04. The van der Waals surface area contributed by atoms with Crippen LogP contribution in [-0.4, -0.2) is 22.8 Å². The molecule has 0 radical (unpaired) electrons. The van der Waals surface area contributed by atoms with E-state index in [-0.39, 0.29) is 17.7 Å². The molecule has 2 amide bonds. The van der Waals surface area contributed by atoms with E-state index in [1.165, 1.54) is 0 Å². The molecule has 126 valence electrons. The fraction of sp³-hybridized carbons (Fsp3) is 0.278. The van der Waals surface area contributed by atoms with Gasteiger partial charge in [0.25, 0.3) is 5.91 Å². The van der Waals surface area contributed by atoms with Gasteiger partial charge in [-0.05, 0) is 36.2 Å². The summed E-state index contributed by atoms with van der Waals surface area (Å²) in [7, 11) is 0. The number of carbonyl (C=O) groups excluding carboxylic acids is 2.